The third kappa shape index (κ3) is 3.82. The minimum Gasteiger partial charge on any atom is -0.493 e. The summed E-state index contributed by atoms with van der Waals surface area (Å²) in [5.41, 5.74) is 0.336. The van der Waals surface area contributed by atoms with Crippen molar-refractivity contribution in [3.05, 3.63) is 18.2 Å². The van der Waals surface area contributed by atoms with Crippen LogP contribution >= 0.6 is 0 Å². The van der Waals surface area contributed by atoms with Crippen LogP contribution < -0.4 is 13.8 Å². The molecule has 0 aliphatic heterocycles. The molecule has 0 saturated carbocycles. The maximum Gasteiger partial charge on any atom is 0.245 e. The Bertz CT molecular complexity index is 643. The van der Waals surface area contributed by atoms with E-state index in [4.69, 9.17) is 9.47 Å². The van der Waals surface area contributed by atoms with Crippen LogP contribution in [0.25, 0.3) is 0 Å². The highest BCUT2D eigenvalue weighted by Crippen LogP contribution is 2.33. The molecule has 0 fully saturated rings. The van der Waals surface area contributed by atoms with Crippen molar-refractivity contribution in [2.75, 3.05) is 38.9 Å². The van der Waals surface area contributed by atoms with Gasteiger partial charge in [0.05, 0.1) is 26.2 Å². The fourth-order valence-electron chi connectivity index (χ4n) is 2.14. The summed E-state index contributed by atoms with van der Waals surface area (Å²) in [5, 5.41) is 0. The molecule has 0 aliphatic rings. The topological polar surface area (TPSA) is 76.2 Å². The number of nitrogens with zero attached hydrogens (tertiary/aromatic N) is 2. The fourth-order valence-corrected chi connectivity index (χ4v) is 3.30. The van der Waals surface area contributed by atoms with Crippen molar-refractivity contribution in [3.8, 4) is 11.5 Å². The van der Waals surface area contributed by atoms with Gasteiger partial charge in [0.15, 0.2) is 11.5 Å². The van der Waals surface area contributed by atoms with Crippen LogP contribution in [0.2, 0.25) is 0 Å². The van der Waals surface area contributed by atoms with Gasteiger partial charge in [0.2, 0.25) is 15.9 Å². The average molecular weight is 330 g/mol. The predicted molar refractivity (Wildman–Crippen MR) is 85.0 cm³/mol. The largest absolute Gasteiger partial charge is 0.493 e. The van der Waals surface area contributed by atoms with Gasteiger partial charge in [-0.25, -0.2) is 8.42 Å². The Morgan fingerprint density at radius 1 is 1.14 bits per heavy atom. The van der Waals surface area contributed by atoms with Crippen LogP contribution in [0.1, 0.15) is 6.92 Å². The van der Waals surface area contributed by atoms with Gasteiger partial charge in [-0.05, 0) is 19.1 Å². The third-order valence-corrected chi connectivity index (χ3v) is 4.37. The molecule has 0 unspecified atom stereocenters. The molecular formula is C14H22N2O5S. The van der Waals surface area contributed by atoms with Gasteiger partial charge < -0.3 is 14.4 Å². The maximum atomic E-state index is 12.1. The quantitative estimate of drug-likeness (QED) is 0.776. The number of benzene rings is 1. The Balaban J connectivity index is 3.39. The molecule has 1 rings (SSSR count). The number of carbonyl (C=O) groups excluding carboxylic acids is 1. The zero-order valence-electron chi connectivity index (χ0n) is 13.7. The molecule has 1 amide bonds. The highest BCUT2D eigenvalue weighted by molar-refractivity contribution is 7.92. The SMILES string of the molecule is COc1ccc(N([C@H](C)C(=O)N(C)C)S(C)(=O)=O)cc1OC. The molecule has 0 spiro atoms. The standard InChI is InChI=1S/C14H22N2O5S/c1-10(14(17)15(2)3)16(22(6,18)19)11-7-8-12(20-4)13(9-11)21-5/h7-10H,1-6H3/t10-/m1/s1. The van der Waals surface area contributed by atoms with E-state index in [1.807, 2.05) is 0 Å². The normalized spacial score (nSPS) is 12.5. The number of rotatable bonds is 6. The first-order valence-electron chi connectivity index (χ1n) is 6.56. The first-order valence-corrected chi connectivity index (χ1v) is 8.41. The van der Waals surface area contributed by atoms with Gasteiger partial charge in [-0.1, -0.05) is 0 Å². The summed E-state index contributed by atoms with van der Waals surface area (Å²) in [6, 6.07) is 3.82. The van der Waals surface area contributed by atoms with Gasteiger partial charge >= 0.3 is 0 Å². The minimum absolute atomic E-state index is 0.319. The van der Waals surface area contributed by atoms with E-state index in [0.29, 0.717) is 17.2 Å². The Labute approximate surface area is 131 Å². The molecule has 0 aliphatic carbocycles. The average Bonchev–Trinajstić information content (AvgIpc) is 2.44. The fraction of sp³-hybridized carbons (Fsp3) is 0.500. The maximum absolute atomic E-state index is 12.1. The monoisotopic (exact) mass is 330 g/mol. The highest BCUT2D eigenvalue weighted by atomic mass is 32.2. The summed E-state index contributed by atoms with van der Waals surface area (Å²) in [6.45, 7) is 1.54. The smallest absolute Gasteiger partial charge is 0.245 e. The Morgan fingerprint density at radius 3 is 2.09 bits per heavy atom. The van der Waals surface area contributed by atoms with Gasteiger partial charge in [-0.15, -0.1) is 0 Å². The molecule has 1 atom stereocenters. The number of amides is 1. The number of hydrogen-bond acceptors (Lipinski definition) is 5. The lowest BCUT2D eigenvalue weighted by molar-refractivity contribution is -0.129. The van der Waals surface area contributed by atoms with Gasteiger partial charge in [0.1, 0.15) is 6.04 Å². The van der Waals surface area contributed by atoms with E-state index in [1.165, 1.54) is 25.2 Å². The van der Waals surface area contributed by atoms with E-state index >= 15 is 0 Å². The number of hydrogen-bond donors (Lipinski definition) is 0. The Morgan fingerprint density at radius 2 is 1.68 bits per heavy atom. The highest BCUT2D eigenvalue weighted by Gasteiger charge is 2.30. The molecule has 0 saturated heterocycles. The molecule has 8 heteroatoms. The number of methoxy groups -OCH3 is 2. The minimum atomic E-state index is -3.65. The molecule has 1 aromatic rings. The van der Waals surface area contributed by atoms with Gasteiger partial charge in [-0.2, -0.15) is 0 Å². The lowest BCUT2D eigenvalue weighted by atomic mass is 10.2. The summed E-state index contributed by atoms with van der Waals surface area (Å²) in [7, 11) is 2.45. The number of likely N-dealkylation sites (N-methyl/N-ethyl adjacent to an activating group) is 1. The van der Waals surface area contributed by atoms with Gasteiger partial charge in [-0.3, -0.25) is 9.10 Å². The van der Waals surface area contributed by atoms with Crippen molar-refractivity contribution in [2.45, 2.75) is 13.0 Å². The van der Waals surface area contributed by atoms with Crippen LogP contribution in [0.3, 0.4) is 0 Å². The van der Waals surface area contributed by atoms with Crippen molar-refractivity contribution in [2.24, 2.45) is 0 Å². The van der Waals surface area contributed by atoms with Crippen molar-refractivity contribution >= 4 is 21.6 Å². The van der Waals surface area contributed by atoms with Gasteiger partial charge in [0, 0.05) is 20.2 Å². The second-order valence-corrected chi connectivity index (χ2v) is 6.87. The van der Waals surface area contributed by atoms with Crippen LogP contribution in [-0.4, -0.2) is 59.8 Å². The van der Waals surface area contributed by atoms with E-state index in [0.717, 1.165) is 10.6 Å². The first kappa shape index (κ1) is 18.1. The second kappa shape index (κ2) is 6.87. The van der Waals surface area contributed by atoms with Crippen molar-refractivity contribution < 1.29 is 22.7 Å². The molecule has 1 aromatic carbocycles. The van der Waals surface area contributed by atoms with Crippen molar-refractivity contribution in [1.29, 1.82) is 0 Å². The lowest BCUT2D eigenvalue weighted by Gasteiger charge is -2.30. The third-order valence-electron chi connectivity index (χ3n) is 3.13. The molecule has 0 bridgehead atoms. The van der Waals surface area contributed by atoms with Crippen LogP contribution in [-0.2, 0) is 14.8 Å². The van der Waals surface area contributed by atoms with E-state index in [1.54, 1.807) is 33.2 Å². The number of anilines is 1. The Kier molecular flexibility index (Phi) is 5.65. The summed E-state index contributed by atoms with van der Waals surface area (Å²) in [5.74, 6) is 0.546. The molecule has 0 aromatic heterocycles. The second-order valence-electron chi connectivity index (χ2n) is 5.01. The van der Waals surface area contributed by atoms with Crippen molar-refractivity contribution in [3.63, 3.8) is 0 Å². The molecule has 0 radical (unpaired) electrons. The summed E-state index contributed by atoms with van der Waals surface area (Å²) in [4.78, 5) is 13.5. The van der Waals surface area contributed by atoms with E-state index in [-0.39, 0.29) is 5.91 Å². The number of ether oxygens (including phenoxy) is 2. The van der Waals surface area contributed by atoms with Crippen molar-refractivity contribution in [1.82, 2.24) is 4.90 Å². The van der Waals surface area contributed by atoms with E-state index < -0.39 is 16.1 Å². The molecule has 0 N–H and O–H groups in total. The summed E-state index contributed by atoms with van der Waals surface area (Å²) >= 11 is 0. The van der Waals surface area contributed by atoms with Crippen LogP contribution in [0.15, 0.2) is 18.2 Å². The lowest BCUT2D eigenvalue weighted by Crippen LogP contribution is -2.47. The molecule has 7 nitrogen and oxygen atoms in total. The van der Waals surface area contributed by atoms with Gasteiger partial charge in [0.25, 0.3) is 0 Å². The molecule has 0 heterocycles. The molecular weight excluding hydrogens is 308 g/mol. The van der Waals surface area contributed by atoms with E-state index in [9.17, 15) is 13.2 Å². The summed E-state index contributed by atoms with van der Waals surface area (Å²) in [6.07, 6.45) is 1.06. The molecule has 124 valence electrons. The predicted octanol–water partition coefficient (Wildman–Crippen LogP) is 0.947. The summed E-state index contributed by atoms with van der Waals surface area (Å²) < 4.78 is 35.7. The van der Waals surface area contributed by atoms with E-state index in [2.05, 4.69) is 0 Å². The number of sulfonamides is 1. The number of carbonyl (C=O) groups is 1. The van der Waals surface area contributed by atoms with Crippen LogP contribution in [0.4, 0.5) is 5.69 Å². The zero-order valence-corrected chi connectivity index (χ0v) is 14.5. The van der Waals surface area contributed by atoms with Crippen LogP contribution in [0, 0.1) is 0 Å². The Hall–Kier alpha value is -1.96. The zero-order chi connectivity index (χ0) is 17.1. The van der Waals surface area contributed by atoms with Crippen LogP contribution in [0.5, 0.6) is 11.5 Å². The molecule has 22 heavy (non-hydrogen) atoms. The first-order chi connectivity index (χ1) is 10.1.